The van der Waals surface area contributed by atoms with E-state index in [0.717, 1.165) is 29.0 Å². The number of nitrogens with zero attached hydrogens (tertiary/aromatic N) is 4. The molecule has 2 aromatic rings. The molecule has 12 N–H and O–H groups in total. The summed E-state index contributed by atoms with van der Waals surface area (Å²) in [5.74, 6) is -1.44. The van der Waals surface area contributed by atoms with Crippen molar-refractivity contribution in [2.75, 3.05) is 37.8 Å². The predicted octanol–water partition coefficient (Wildman–Crippen LogP) is -1.46. The second-order valence-corrected chi connectivity index (χ2v) is 18.4. The van der Waals surface area contributed by atoms with E-state index in [2.05, 4.69) is 34.4 Å². The summed E-state index contributed by atoms with van der Waals surface area (Å²) < 4.78 is 62.1. The molecule has 1 fully saturated rings. The molecule has 2 aromatic heterocycles. The lowest BCUT2D eigenvalue weighted by molar-refractivity contribution is -0.137. The van der Waals surface area contributed by atoms with Crippen LogP contribution < -0.4 is 16.4 Å². The minimum absolute atomic E-state index is 0.0205. The van der Waals surface area contributed by atoms with Crippen molar-refractivity contribution in [1.29, 1.82) is 5.41 Å². The van der Waals surface area contributed by atoms with Crippen LogP contribution in [0.5, 0.6) is 0 Å². The van der Waals surface area contributed by atoms with Crippen LogP contribution in [-0.4, -0.2) is 140 Å². The standard InChI is InChI=1S/C28H41N8O18P3S/c1-28(2,22(40)25(41)32-6-5-18(38)31-7-8-58-27(42)15-9-14(37)3-4-16(15)29)11-51-57(48,49)54-56(46,47)50-10-17-21(53-55(43,44)45)20(39)26(52-17)36-13-35-19-23(30)33-12-34-24(19)36/h3-4,9,12-14,17,20-22,26,29,37,39-40H,5-8,10-11H2,1-2H3,(H,31,38)(H,32,41)(H,46,47)(H,48,49)(H2,30,33,34)(H2,43,44,45)/t14?,17-,20-,21-,22?,26-/m1/s1. The molecule has 30 heteroatoms. The Morgan fingerprint density at radius 3 is 2.45 bits per heavy atom. The van der Waals surface area contributed by atoms with E-state index in [0.29, 0.717) is 0 Å². The van der Waals surface area contributed by atoms with Crippen LogP contribution in [0.4, 0.5) is 5.82 Å². The van der Waals surface area contributed by atoms with Gasteiger partial charge < -0.3 is 61.4 Å². The number of phosphoric acid groups is 3. The van der Waals surface area contributed by atoms with Crippen molar-refractivity contribution in [3.8, 4) is 0 Å². The topological polar surface area (TPSA) is 408 Å². The minimum Gasteiger partial charge on any atom is -0.386 e. The Hall–Kier alpha value is -3.33. The smallest absolute Gasteiger partial charge is 0.386 e. The third-order valence-electron chi connectivity index (χ3n) is 8.04. The van der Waals surface area contributed by atoms with Crippen molar-refractivity contribution < 1.29 is 85.6 Å². The first-order chi connectivity index (χ1) is 26.9. The number of allylic oxidation sites excluding steroid dienone is 1. The van der Waals surface area contributed by atoms with E-state index in [1.807, 2.05) is 0 Å². The second kappa shape index (κ2) is 19.4. The number of anilines is 1. The van der Waals surface area contributed by atoms with Gasteiger partial charge >= 0.3 is 23.5 Å². The normalized spacial score (nSPS) is 23.8. The Labute approximate surface area is 332 Å². The van der Waals surface area contributed by atoms with Crippen molar-refractivity contribution in [2.24, 2.45) is 5.41 Å². The first kappa shape index (κ1) is 47.3. The van der Waals surface area contributed by atoms with Gasteiger partial charge in [-0.05, 0) is 12.2 Å². The van der Waals surface area contributed by atoms with Crippen molar-refractivity contribution in [2.45, 2.75) is 57.0 Å². The Bertz CT molecular complexity index is 2080. The molecule has 4 rings (SSSR count). The fraction of sp³-hybridized carbons (Fsp3) is 0.536. The van der Waals surface area contributed by atoms with E-state index >= 15 is 0 Å². The van der Waals surface area contributed by atoms with Gasteiger partial charge in [-0.3, -0.25) is 32.5 Å². The molecule has 0 radical (unpaired) electrons. The fourth-order valence-corrected chi connectivity index (χ4v) is 8.68. The van der Waals surface area contributed by atoms with Crippen LogP contribution in [0.25, 0.3) is 11.2 Å². The van der Waals surface area contributed by atoms with E-state index in [4.69, 9.17) is 24.9 Å². The molecule has 2 amide bonds. The lowest BCUT2D eigenvalue weighted by Gasteiger charge is -2.30. The van der Waals surface area contributed by atoms with E-state index in [9.17, 15) is 63.0 Å². The molecular formula is C28H41N8O18P3S. The van der Waals surface area contributed by atoms with Gasteiger partial charge in [0.15, 0.2) is 17.7 Å². The Morgan fingerprint density at radius 1 is 1.07 bits per heavy atom. The van der Waals surface area contributed by atoms with Crippen molar-refractivity contribution in [1.82, 2.24) is 30.2 Å². The van der Waals surface area contributed by atoms with Crippen molar-refractivity contribution in [3.63, 3.8) is 0 Å². The summed E-state index contributed by atoms with van der Waals surface area (Å²) >= 11 is 0.828. The number of aliphatic hydroxyl groups excluding tert-OH is 3. The maximum atomic E-state index is 12.7. The highest BCUT2D eigenvalue weighted by molar-refractivity contribution is 8.14. The number of aromatic nitrogens is 4. The zero-order valence-electron chi connectivity index (χ0n) is 30.3. The van der Waals surface area contributed by atoms with Crippen LogP contribution in [0.3, 0.4) is 0 Å². The van der Waals surface area contributed by atoms with Gasteiger partial charge in [0.1, 0.15) is 36.3 Å². The molecule has 0 spiro atoms. The minimum atomic E-state index is -5.59. The molecule has 322 valence electrons. The Balaban J connectivity index is 1.22. The third kappa shape index (κ3) is 13.1. The van der Waals surface area contributed by atoms with E-state index in [1.165, 1.54) is 32.1 Å². The number of nitrogens with one attached hydrogen (secondary N) is 3. The number of hydrogen-bond acceptors (Lipinski definition) is 20. The number of nitrogen functional groups attached to an aromatic ring is 1. The van der Waals surface area contributed by atoms with Crippen LogP contribution >= 0.6 is 35.2 Å². The molecule has 26 nitrogen and oxygen atoms in total. The summed E-state index contributed by atoms with van der Waals surface area (Å²) in [6.07, 6.45) is -4.18. The molecule has 3 heterocycles. The fourth-order valence-electron chi connectivity index (χ4n) is 5.13. The lowest BCUT2D eigenvalue weighted by Crippen LogP contribution is -2.46. The summed E-state index contributed by atoms with van der Waals surface area (Å²) in [5, 5.41) is 43.2. The molecule has 1 saturated heterocycles. The molecule has 0 bridgehead atoms. The average Bonchev–Trinajstić information content (AvgIpc) is 3.69. The zero-order chi connectivity index (χ0) is 43.2. The molecule has 4 unspecified atom stereocenters. The number of imidazole rings is 1. The summed E-state index contributed by atoms with van der Waals surface area (Å²) in [5.41, 5.74) is 4.19. The highest BCUT2D eigenvalue weighted by Gasteiger charge is 2.50. The van der Waals surface area contributed by atoms with E-state index < -0.39 is 95.8 Å². The van der Waals surface area contributed by atoms with E-state index in [1.54, 1.807) is 0 Å². The maximum absolute atomic E-state index is 12.7. The van der Waals surface area contributed by atoms with Crippen LogP contribution in [0.2, 0.25) is 0 Å². The number of fused-ring (bicyclic) bond motifs is 1. The number of hydrogen-bond donors (Lipinski definition) is 11. The van der Waals surface area contributed by atoms with Crippen molar-refractivity contribution >= 4 is 74.9 Å². The molecule has 58 heavy (non-hydrogen) atoms. The number of carbonyl (C=O) groups is 3. The number of carbonyl (C=O) groups excluding carboxylic acids is 3. The molecule has 1 aliphatic carbocycles. The number of rotatable bonds is 20. The Morgan fingerprint density at radius 2 is 1.76 bits per heavy atom. The molecule has 0 aromatic carbocycles. The first-order valence-electron chi connectivity index (χ1n) is 16.6. The molecule has 0 saturated carbocycles. The monoisotopic (exact) mass is 902 g/mol. The molecule has 2 aliphatic rings. The Kier molecular flexibility index (Phi) is 15.8. The number of amides is 2. The summed E-state index contributed by atoms with van der Waals surface area (Å²) in [6, 6.07) is 0. The molecule has 1 aliphatic heterocycles. The highest BCUT2D eigenvalue weighted by Crippen LogP contribution is 2.61. The number of nitrogens with two attached hydrogens (primary N) is 1. The van der Waals surface area contributed by atoms with Gasteiger partial charge in [0.25, 0.3) is 0 Å². The van der Waals surface area contributed by atoms with Gasteiger partial charge in [0.2, 0.25) is 16.9 Å². The predicted molar refractivity (Wildman–Crippen MR) is 198 cm³/mol. The average molecular weight is 903 g/mol. The van der Waals surface area contributed by atoms with E-state index in [-0.39, 0.29) is 53.5 Å². The van der Waals surface area contributed by atoms with Crippen molar-refractivity contribution in [3.05, 3.63) is 36.5 Å². The van der Waals surface area contributed by atoms with Gasteiger partial charge in [0.05, 0.1) is 36.9 Å². The quantitative estimate of drug-likeness (QED) is 0.0534. The van der Waals surface area contributed by atoms with Gasteiger partial charge in [0, 0.05) is 30.7 Å². The number of thioether (sulfide) groups is 1. The van der Waals surface area contributed by atoms with Crippen LogP contribution in [0.15, 0.2) is 36.5 Å². The lowest BCUT2D eigenvalue weighted by atomic mass is 9.87. The van der Waals surface area contributed by atoms with Gasteiger partial charge in [-0.2, -0.15) is 4.31 Å². The summed E-state index contributed by atoms with van der Waals surface area (Å²) in [7, 11) is -16.5. The van der Waals surface area contributed by atoms with Gasteiger partial charge in [-0.1, -0.05) is 31.7 Å². The SMILES string of the molecule is CC(C)(COP(=O)(O)OP(=O)(O)OC[C@H]1O[C@@H](n2cnc3c(N)ncnc32)[C@H](O)[C@@H]1OP(=O)(O)O)C(O)C(=O)NCCC(=O)NCCSC(=O)C1=CC(O)C=CC1=N. The largest absolute Gasteiger partial charge is 0.481 e. The zero-order valence-corrected chi connectivity index (χ0v) is 33.8. The first-order valence-corrected chi connectivity index (χ1v) is 22.1. The molecule has 8 atom stereocenters. The maximum Gasteiger partial charge on any atom is 0.481 e. The number of aliphatic hydroxyl groups is 3. The van der Waals surface area contributed by atoms with Crippen LogP contribution in [-0.2, 0) is 50.7 Å². The van der Waals surface area contributed by atoms with Crippen LogP contribution in [0.1, 0.15) is 26.5 Å². The van der Waals surface area contributed by atoms with Gasteiger partial charge in [-0.15, -0.1) is 0 Å². The molecular weight excluding hydrogens is 861 g/mol. The van der Waals surface area contributed by atoms with Crippen LogP contribution in [0, 0.1) is 10.8 Å². The van der Waals surface area contributed by atoms with Gasteiger partial charge in [-0.25, -0.2) is 28.6 Å². The summed E-state index contributed by atoms with van der Waals surface area (Å²) in [6.45, 7) is 0.196. The second-order valence-electron chi connectivity index (χ2n) is 13.0. The summed E-state index contributed by atoms with van der Waals surface area (Å²) in [4.78, 5) is 87.9. The number of ether oxygens (including phenoxy) is 1. The highest BCUT2D eigenvalue weighted by atomic mass is 32.2. The number of phosphoric ester groups is 3. The third-order valence-corrected chi connectivity index (χ3v) is 12.0.